The van der Waals surface area contributed by atoms with E-state index in [1.165, 1.54) is 19.2 Å². The lowest BCUT2D eigenvalue weighted by Crippen LogP contribution is -2.42. The summed E-state index contributed by atoms with van der Waals surface area (Å²) in [6.07, 6.45) is 4.08. The molecule has 0 unspecified atom stereocenters. The molecule has 0 aliphatic heterocycles. The van der Waals surface area contributed by atoms with Crippen LogP contribution in [-0.4, -0.2) is 68.5 Å². The maximum Gasteiger partial charge on any atom is 0.488 e. The van der Waals surface area contributed by atoms with E-state index in [1.807, 2.05) is 12.1 Å². The number of methoxy groups -OCH3 is 1. The average Bonchev–Trinajstić information content (AvgIpc) is 2.88. The molecule has 0 saturated carbocycles. The Balaban J connectivity index is 0.000000317. The molecule has 3 aromatic rings. The number of nitrogen functional groups attached to an aromatic ring is 1. The van der Waals surface area contributed by atoms with Crippen LogP contribution in [0.15, 0.2) is 72.9 Å². The molecule has 3 rings (SSSR count). The van der Waals surface area contributed by atoms with Gasteiger partial charge < -0.3 is 20.5 Å². The van der Waals surface area contributed by atoms with Gasteiger partial charge in [-0.2, -0.15) is 0 Å². The predicted octanol–water partition coefficient (Wildman–Crippen LogP) is -0.0249. The van der Waals surface area contributed by atoms with Crippen molar-refractivity contribution < 1.29 is 37.6 Å². The minimum absolute atomic E-state index is 0.113. The predicted molar refractivity (Wildman–Crippen MR) is 140 cm³/mol. The lowest BCUT2D eigenvalue weighted by atomic mass is 9.80. The van der Waals surface area contributed by atoms with Gasteiger partial charge in [-0.15, -0.1) is 0 Å². The summed E-state index contributed by atoms with van der Waals surface area (Å²) in [7, 11) is -3.86. The van der Waals surface area contributed by atoms with Gasteiger partial charge >= 0.3 is 13.1 Å². The number of esters is 1. The molecule has 0 radical (unpaired) electrons. The quantitative estimate of drug-likeness (QED) is 0.175. The maximum absolute atomic E-state index is 11.5. The number of carbonyl (C=O) groups is 3. The Morgan fingerprint density at radius 1 is 1.05 bits per heavy atom. The zero-order valence-corrected chi connectivity index (χ0v) is 21.0. The number of ether oxygens (including phenoxy) is 1. The van der Waals surface area contributed by atoms with Crippen LogP contribution in [-0.2, 0) is 26.0 Å². The van der Waals surface area contributed by atoms with Crippen molar-refractivity contribution in [2.75, 3.05) is 19.1 Å². The highest BCUT2D eigenvalue weighted by Gasteiger charge is 2.23. The second-order valence-electron chi connectivity index (χ2n) is 7.45. The maximum atomic E-state index is 11.5. The van der Waals surface area contributed by atoms with Crippen molar-refractivity contribution in [3.8, 4) is 0 Å². The van der Waals surface area contributed by atoms with Gasteiger partial charge in [0.05, 0.1) is 13.4 Å². The Labute approximate surface area is 215 Å². The number of nitrogens with zero attached hydrogens (tertiary/aromatic N) is 1. The van der Waals surface area contributed by atoms with Crippen LogP contribution in [0.2, 0.25) is 0 Å². The molecule has 0 aliphatic carbocycles. The van der Waals surface area contributed by atoms with E-state index in [9.17, 15) is 22.8 Å². The molecule has 2 aromatic carbocycles. The number of sulfonamides is 1. The van der Waals surface area contributed by atoms with Crippen molar-refractivity contribution in [2.45, 2.75) is 12.5 Å². The molecule has 0 amide bonds. The number of aldehydes is 2. The van der Waals surface area contributed by atoms with Gasteiger partial charge in [0.15, 0.2) is 0 Å². The standard InChI is InChI=1S/C12H15NO5S.C7H7BO3.C5H6N2/c1-18-12(15)11(13-19(2,16)17)7-9-4-3-5-10(6-9)8-14;9-5-6-2-1-3-7(4-6)8(10)11;6-5-3-1-2-4-7-5/h3-6,8,11,13H,7H2,1-2H3;1-5,10-11H;1-4H,(H2,6,7)/t11-;;/m0../s1. The Kier molecular flexibility index (Phi) is 13.4. The summed E-state index contributed by atoms with van der Waals surface area (Å²) in [5, 5.41) is 17.4. The van der Waals surface area contributed by atoms with Gasteiger partial charge in [0, 0.05) is 17.3 Å². The summed E-state index contributed by atoms with van der Waals surface area (Å²) in [4.78, 5) is 36.2. The highest BCUT2D eigenvalue weighted by Crippen LogP contribution is 2.08. The highest BCUT2D eigenvalue weighted by atomic mass is 32.2. The van der Waals surface area contributed by atoms with E-state index in [-0.39, 0.29) is 6.42 Å². The topological polar surface area (TPSA) is 186 Å². The summed E-state index contributed by atoms with van der Waals surface area (Å²) < 4.78 is 29.2. The number of nitrogens with two attached hydrogens (primary N) is 1. The van der Waals surface area contributed by atoms with Crippen molar-refractivity contribution in [2.24, 2.45) is 0 Å². The summed E-state index contributed by atoms with van der Waals surface area (Å²) >= 11 is 0. The third-order valence-electron chi connectivity index (χ3n) is 4.40. The highest BCUT2D eigenvalue weighted by molar-refractivity contribution is 7.88. The number of pyridine rings is 1. The number of rotatable bonds is 8. The molecular formula is C24H28BN3O8S. The molecule has 11 nitrogen and oxygen atoms in total. The third-order valence-corrected chi connectivity index (χ3v) is 5.11. The minimum Gasteiger partial charge on any atom is -0.468 e. The van der Waals surface area contributed by atoms with Crippen molar-refractivity contribution in [3.63, 3.8) is 0 Å². The zero-order chi connectivity index (χ0) is 27.8. The molecule has 5 N–H and O–H groups in total. The molecule has 1 atom stereocenters. The number of aromatic nitrogens is 1. The molecule has 1 heterocycles. The molecule has 0 spiro atoms. The number of benzene rings is 2. The van der Waals surface area contributed by atoms with E-state index < -0.39 is 29.2 Å². The van der Waals surface area contributed by atoms with Gasteiger partial charge in [0.25, 0.3) is 0 Å². The van der Waals surface area contributed by atoms with E-state index >= 15 is 0 Å². The summed E-state index contributed by atoms with van der Waals surface area (Å²) in [6, 6.07) is 17.1. The zero-order valence-electron chi connectivity index (χ0n) is 20.2. The smallest absolute Gasteiger partial charge is 0.468 e. The number of nitrogens with one attached hydrogen (secondary N) is 1. The van der Waals surface area contributed by atoms with E-state index in [2.05, 4.69) is 14.4 Å². The molecule has 37 heavy (non-hydrogen) atoms. The number of carbonyl (C=O) groups excluding carboxylic acids is 3. The second-order valence-corrected chi connectivity index (χ2v) is 9.23. The summed E-state index contributed by atoms with van der Waals surface area (Å²) in [5.41, 5.74) is 7.14. The fourth-order valence-electron chi connectivity index (χ4n) is 2.77. The first kappa shape index (κ1) is 31.1. The fourth-order valence-corrected chi connectivity index (χ4v) is 3.47. The van der Waals surface area contributed by atoms with Gasteiger partial charge in [-0.1, -0.05) is 48.5 Å². The molecule has 196 valence electrons. The Bertz CT molecular complexity index is 1260. The van der Waals surface area contributed by atoms with Gasteiger partial charge in [0.1, 0.15) is 24.4 Å². The van der Waals surface area contributed by atoms with Crippen LogP contribution in [0, 0.1) is 0 Å². The summed E-state index contributed by atoms with van der Waals surface area (Å²) in [5.74, 6) is -0.107. The van der Waals surface area contributed by atoms with Crippen LogP contribution in [0.5, 0.6) is 0 Å². The van der Waals surface area contributed by atoms with E-state index in [0.717, 1.165) is 6.26 Å². The lowest BCUT2D eigenvalue weighted by Gasteiger charge is -2.15. The second kappa shape index (κ2) is 16.0. The fraction of sp³-hybridized carbons (Fsp3) is 0.167. The largest absolute Gasteiger partial charge is 0.488 e. The van der Waals surface area contributed by atoms with Gasteiger partial charge in [-0.3, -0.25) is 14.4 Å². The lowest BCUT2D eigenvalue weighted by molar-refractivity contribution is -0.142. The van der Waals surface area contributed by atoms with Crippen LogP contribution >= 0.6 is 0 Å². The van der Waals surface area contributed by atoms with Crippen LogP contribution in [0.3, 0.4) is 0 Å². The normalized spacial score (nSPS) is 10.9. The molecule has 13 heteroatoms. The van der Waals surface area contributed by atoms with Crippen molar-refractivity contribution in [1.82, 2.24) is 9.71 Å². The van der Waals surface area contributed by atoms with Crippen LogP contribution in [0.1, 0.15) is 26.3 Å². The number of hydrogen-bond donors (Lipinski definition) is 4. The van der Waals surface area contributed by atoms with Crippen LogP contribution < -0.4 is 15.9 Å². The molecule has 0 aliphatic rings. The number of anilines is 1. The van der Waals surface area contributed by atoms with Crippen LogP contribution in [0.4, 0.5) is 5.82 Å². The first-order chi connectivity index (χ1) is 17.5. The SMILES string of the molecule is COC(=O)[C@H](Cc1cccc(C=O)c1)NS(C)(=O)=O.Nc1ccccn1.O=Cc1cccc(B(O)O)c1. The van der Waals surface area contributed by atoms with Crippen molar-refractivity contribution in [1.29, 1.82) is 0 Å². The minimum atomic E-state index is -3.53. The van der Waals surface area contributed by atoms with E-state index in [0.29, 0.717) is 40.5 Å². The van der Waals surface area contributed by atoms with Crippen molar-refractivity contribution >= 4 is 47.0 Å². The third kappa shape index (κ3) is 13.1. The van der Waals surface area contributed by atoms with Gasteiger partial charge in [0.2, 0.25) is 10.0 Å². The first-order valence-electron chi connectivity index (χ1n) is 10.7. The van der Waals surface area contributed by atoms with Crippen molar-refractivity contribution in [3.05, 3.63) is 89.6 Å². The number of hydrogen-bond acceptors (Lipinski definition) is 10. The van der Waals surface area contributed by atoms with Gasteiger partial charge in [-0.05, 0) is 35.6 Å². The molecule has 0 saturated heterocycles. The average molecular weight is 529 g/mol. The summed E-state index contributed by atoms with van der Waals surface area (Å²) in [6.45, 7) is 0. The first-order valence-corrected chi connectivity index (χ1v) is 12.5. The molecule has 0 bridgehead atoms. The Morgan fingerprint density at radius 2 is 1.68 bits per heavy atom. The van der Waals surface area contributed by atoms with Gasteiger partial charge in [-0.25, -0.2) is 18.1 Å². The Hall–Kier alpha value is -3.91. The van der Waals surface area contributed by atoms with Crippen LogP contribution in [0.25, 0.3) is 0 Å². The molecule has 1 aromatic heterocycles. The van der Waals surface area contributed by atoms with E-state index in [1.54, 1.807) is 48.7 Å². The monoisotopic (exact) mass is 529 g/mol. The Morgan fingerprint density at radius 3 is 2.14 bits per heavy atom. The molecule has 0 fully saturated rings. The molecular weight excluding hydrogens is 501 g/mol. The van der Waals surface area contributed by atoms with E-state index in [4.69, 9.17) is 15.8 Å².